The maximum Gasteiger partial charge on any atom is 0.337 e. The van der Waals surface area contributed by atoms with E-state index in [2.05, 4.69) is 4.79 Å². The summed E-state index contributed by atoms with van der Waals surface area (Å²) >= 11 is 0. The van der Waals surface area contributed by atoms with Gasteiger partial charge in [-0.25, -0.2) is 0 Å². The minimum atomic E-state index is 0. The van der Waals surface area contributed by atoms with Crippen LogP contribution in [0.2, 0.25) is 0 Å². The molecule has 12 heavy (non-hydrogen) atoms. The summed E-state index contributed by atoms with van der Waals surface area (Å²) in [5.74, 6) is 0. The molecule has 0 spiro atoms. The van der Waals surface area contributed by atoms with Gasteiger partial charge in [0.25, 0.3) is 0 Å². The van der Waals surface area contributed by atoms with Gasteiger partial charge in [-0.1, -0.05) is 0 Å². The van der Waals surface area contributed by atoms with Gasteiger partial charge in [-0.15, -0.1) is 0 Å². The van der Waals surface area contributed by atoms with Crippen LogP contribution in [0, 0.1) is 5.53 Å². The van der Waals surface area contributed by atoms with E-state index in [1.165, 1.54) is 6.21 Å². The van der Waals surface area contributed by atoms with Crippen LogP contribution in [-0.4, -0.2) is 11.0 Å². The molecule has 0 bridgehead atoms. The zero-order chi connectivity index (χ0) is 7.40. The van der Waals surface area contributed by atoms with Crippen molar-refractivity contribution in [1.82, 2.24) is 0 Å². The van der Waals surface area contributed by atoms with Crippen LogP contribution in [0.3, 0.4) is 0 Å². The second-order valence-electron chi connectivity index (χ2n) is 1.92. The average molecular weight is 235 g/mol. The molecular weight excluding hydrogens is 227 g/mol. The summed E-state index contributed by atoms with van der Waals surface area (Å²) in [4.78, 5) is 3.12. The number of rotatable bonds is 1. The molecule has 1 aromatic rings. The van der Waals surface area contributed by atoms with Crippen LogP contribution in [-0.2, 0) is 19.5 Å². The Labute approximate surface area is 89.8 Å². The van der Waals surface area contributed by atoms with E-state index in [1.54, 1.807) is 12.1 Å². The van der Waals surface area contributed by atoms with Crippen LogP contribution in [0.25, 0.3) is 0 Å². The zero-order valence-corrected chi connectivity index (χ0v) is 10.2. The van der Waals surface area contributed by atoms with E-state index < -0.39 is 0 Å². The smallest absolute Gasteiger partial charge is 0.337 e. The monoisotopic (exact) mass is 233 g/mol. The van der Waals surface area contributed by atoms with Gasteiger partial charge in [0.15, 0.2) is 0 Å². The molecule has 0 radical (unpaired) electrons. The number of halogens is 1. The fourth-order valence-electron chi connectivity index (χ4n) is 0.657. The molecule has 0 amide bonds. The van der Waals surface area contributed by atoms with Crippen LogP contribution in [0.4, 0.5) is 5.69 Å². The number of nitrogens with two attached hydrogens (primary N) is 1. The summed E-state index contributed by atoms with van der Waals surface area (Å²) in [6, 6.07) is 7.18. The van der Waals surface area contributed by atoms with Crippen molar-refractivity contribution in [2.24, 2.45) is 0 Å². The molecule has 3 nitrogen and oxygen atoms in total. The Balaban J connectivity index is 0. The quantitative estimate of drug-likeness (QED) is 0.190. The van der Waals surface area contributed by atoms with Crippen molar-refractivity contribution >= 4 is 11.9 Å². The van der Waals surface area contributed by atoms with Gasteiger partial charge in [0.1, 0.15) is 0 Å². The van der Waals surface area contributed by atoms with E-state index in [-0.39, 0.29) is 31.9 Å². The summed E-state index contributed by atoms with van der Waals surface area (Å²) in [6.07, 6.45) is 1.46. The van der Waals surface area contributed by atoms with Crippen molar-refractivity contribution in [3.8, 4) is 0 Å². The Hall–Kier alpha value is -0.687. The molecular formula is C7H8ClN3Zn. The molecule has 3 N–H and O–H groups in total. The van der Waals surface area contributed by atoms with E-state index in [0.717, 1.165) is 11.3 Å². The number of nitrogen functional groups attached to an aromatic ring is 1. The SMILES string of the molecule is N=[N+]=Cc1ccc(N)cc1.[Cl-].[Zn]. The standard InChI is InChI=1S/C7H7N3.ClH.Zn/c8-7-3-1-6(2-4-7)5-10-9;;/h1-5,8-9H;1H;. The number of benzene rings is 1. The summed E-state index contributed by atoms with van der Waals surface area (Å²) in [6.45, 7) is 0. The third-order valence-corrected chi connectivity index (χ3v) is 1.15. The molecule has 0 unspecified atom stereocenters. The van der Waals surface area contributed by atoms with Gasteiger partial charge >= 0.3 is 6.21 Å². The van der Waals surface area contributed by atoms with Crippen LogP contribution in [0.1, 0.15) is 5.56 Å². The molecule has 60 valence electrons. The number of hydrogen-bond acceptors (Lipinski definition) is 2. The Morgan fingerprint density at radius 2 is 1.75 bits per heavy atom. The Bertz CT molecular complexity index is 266. The van der Waals surface area contributed by atoms with Crippen molar-refractivity contribution in [3.05, 3.63) is 29.8 Å². The first-order valence-corrected chi connectivity index (χ1v) is 2.88. The molecule has 0 aliphatic rings. The molecule has 1 aromatic carbocycles. The second-order valence-corrected chi connectivity index (χ2v) is 1.92. The van der Waals surface area contributed by atoms with Crippen LogP contribution < -0.4 is 18.1 Å². The largest absolute Gasteiger partial charge is 1.00 e. The molecule has 1 rings (SSSR count). The molecule has 0 heterocycles. The third-order valence-electron chi connectivity index (χ3n) is 1.15. The molecule has 0 saturated carbocycles. The molecule has 0 fully saturated rings. The van der Waals surface area contributed by atoms with Gasteiger partial charge in [-0.3, -0.25) is 0 Å². The fourth-order valence-corrected chi connectivity index (χ4v) is 0.657. The molecule has 0 aliphatic heterocycles. The van der Waals surface area contributed by atoms with Crippen molar-refractivity contribution in [1.29, 1.82) is 5.53 Å². The molecule has 0 atom stereocenters. The first kappa shape index (κ1) is 13.9. The van der Waals surface area contributed by atoms with E-state index >= 15 is 0 Å². The van der Waals surface area contributed by atoms with Gasteiger partial charge in [0.05, 0.1) is 11.1 Å². The van der Waals surface area contributed by atoms with E-state index in [9.17, 15) is 0 Å². The van der Waals surface area contributed by atoms with Crippen LogP contribution in [0.5, 0.6) is 0 Å². The molecule has 0 saturated heterocycles. The Kier molecular flexibility index (Phi) is 8.08. The zero-order valence-electron chi connectivity index (χ0n) is 6.50. The fraction of sp³-hybridized carbons (Fsp3) is 0. The minimum absolute atomic E-state index is 0. The average Bonchev–Trinajstić information content (AvgIpc) is 1.95. The van der Waals surface area contributed by atoms with E-state index in [0.29, 0.717) is 0 Å². The summed E-state index contributed by atoms with van der Waals surface area (Å²) < 4.78 is 0. The third kappa shape index (κ3) is 4.25. The second kappa shape index (κ2) is 6.99. The molecule has 0 aliphatic carbocycles. The van der Waals surface area contributed by atoms with Gasteiger partial charge in [-0.2, -0.15) is 0 Å². The molecule has 5 heteroatoms. The van der Waals surface area contributed by atoms with Crippen molar-refractivity contribution in [3.63, 3.8) is 0 Å². The number of nitrogens with one attached hydrogen (secondary N) is 1. The Morgan fingerprint density at radius 1 is 1.25 bits per heavy atom. The first-order chi connectivity index (χ1) is 4.83. The van der Waals surface area contributed by atoms with Gasteiger partial charge in [0, 0.05) is 30.0 Å². The van der Waals surface area contributed by atoms with Gasteiger partial charge in [-0.05, 0) is 24.3 Å². The maximum atomic E-state index is 6.53. The number of hydrogen-bond donors (Lipinski definition) is 2. The van der Waals surface area contributed by atoms with E-state index in [4.69, 9.17) is 11.3 Å². The maximum absolute atomic E-state index is 6.53. The predicted molar refractivity (Wildman–Crippen MR) is 39.0 cm³/mol. The van der Waals surface area contributed by atoms with Crippen LogP contribution in [0.15, 0.2) is 24.3 Å². The Morgan fingerprint density at radius 3 is 2.17 bits per heavy atom. The van der Waals surface area contributed by atoms with Crippen molar-refractivity contribution in [2.75, 3.05) is 5.73 Å². The van der Waals surface area contributed by atoms with Gasteiger partial charge in [0.2, 0.25) is 0 Å². The normalized spacial score (nSPS) is 7.00. The van der Waals surface area contributed by atoms with E-state index in [1.807, 2.05) is 12.1 Å². The topological polar surface area (TPSA) is 64.0 Å². The molecule has 0 aromatic heterocycles. The number of nitrogens with zero attached hydrogens (tertiary/aromatic N) is 1. The summed E-state index contributed by atoms with van der Waals surface area (Å²) in [7, 11) is 0. The van der Waals surface area contributed by atoms with Crippen molar-refractivity contribution < 1.29 is 36.7 Å². The minimum Gasteiger partial charge on any atom is -1.00 e. The van der Waals surface area contributed by atoms with Crippen LogP contribution >= 0.6 is 0 Å². The summed E-state index contributed by atoms with van der Waals surface area (Å²) in [5, 5.41) is 0. The first-order valence-electron chi connectivity index (χ1n) is 2.88. The van der Waals surface area contributed by atoms with Crippen molar-refractivity contribution in [2.45, 2.75) is 0 Å². The predicted octanol–water partition coefficient (Wildman–Crippen LogP) is -2.07. The van der Waals surface area contributed by atoms with Gasteiger partial charge < -0.3 is 18.1 Å². The number of anilines is 1. The summed E-state index contributed by atoms with van der Waals surface area (Å²) in [5.41, 5.74) is 13.6.